The van der Waals surface area contributed by atoms with E-state index in [1.165, 1.54) is 29.2 Å². The minimum atomic E-state index is -1.04. The highest BCUT2D eigenvalue weighted by Crippen LogP contribution is 2.11. The third-order valence-corrected chi connectivity index (χ3v) is 3.77. The van der Waals surface area contributed by atoms with Crippen molar-refractivity contribution in [2.75, 3.05) is 39.9 Å². The van der Waals surface area contributed by atoms with Crippen molar-refractivity contribution in [2.45, 2.75) is 6.42 Å². The molecule has 0 bridgehead atoms. The maximum atomic E-state index is 12.5. The SMILES string of the molecule is COCCN1CCCN(C(=O)c2ccc(C(=O)O)cc2)CC1=O. The topological polar surface area (TPSA) is 87.2 Å². The number of methoxy groups -OCH3 is 1. The molecule has 1 N–H and O–H groups in total. The van der Waals surface area contributed by atoms with Crippen LogP contribution < -0.4 is 0 Å². The van der Waals surface area contributed by atoms with Crippen molar-refractivity contribution < 1.29 is 24.2 Å². The number of hydrogen-bond acceptors (Lipinski definition) is 4. The molecule has 0 aliphatic carbocycles. The first-order valence-corrected chi connectivity index (χ1v) is 7.42. The molecule has 0 atom stereocenters. The lowest BCUT2D eigenvalue weighted by Crippen LogP contribution is -2.40. The third-order valence-electron chi connectivity index (χ3n) is 3.77. The van der Waals surface area contributed by atoms with Crippen LogP contribution >= 0.6 is 0 Å². The first-order valence-electron chi connectivity index (χ1n) is 7.42. The molecule has 7 nitrogen and oxygen atoms in total. The Morgan fingerprint density at radius 2 is 1.83 bits per heavy atom. The van der Waals surface area contributed by atoms with E-state index < -0.39 is 5.97 Å². The van der Waals surface area contributed by atoms with Gasteiger partial charge in [0.25, 0.3) is 5.91 Å². The van der Waals surface area contributed by atoms with Crippen molar-refractivity contribution in [1.82, 2.24) is 9.80 Å². The van der Waals surface area contributed by atoms with Gasteiger partial charge in [0.1, 0.15) is 6.54 Å². The molecule has 0 aromatic heterocycles. The molecule has 1 aromatic carbocycles. The second kappa shape index (κ2) is 7.73. The van der Waals surface area contributed by atoms with E-state index in [0.717, 1.165) is 0 Å². The summed E-state index contributed by atoms with van der Waals surface area (Å²) in [6, 6.07) is 5.73. The minimum Gasteiger partial charge on any atom is -0.478 e. The van der Waals surface area contributed by atoms with E-state index in [2.05, 4.69) is 0 Å². The molecule has 124 valence electrons. The number of rotatable bonds is 5. The van der Waals surface area contributed by atoms with E-state index >= 15 is 0 Å². The monoisotopic (exact) mass is 320 g/mol. The van der Waals surface area contributed by atoms with Crippen molar-refractivity contribution in [3.05, 3.63) is 35.4 Å². The molecule has 1 aromatic rings. The Balaban J connectivity index is 2.04. The zero-order valence-electron chi connectivity index (χ0n) is 13.0. The third kappa shape index (κ3) is 4.29. The minimum absolute atomic E-state index is 0.0310. The summed E-state index contributed by atoms with van der Waals surface area (Å²) in [5.74, 6) is -1.40. The van der Waals surface area contributed by atoms with E-state index in [0.29, 0.717) is 38.2 Å². The zero-order chi connectivity index (χ0) is 16.8. The second-order valence-electron chi connectivity index (χ2n) is 5.34. The Bertz CT molecular complexity index is 585. The fourth-order valence-corrected chi connectivity index (χ4v) is 2.47. The molecule has 0 spiro atoms. The first-order chi connectivity index (χ1) is 11.0. The summed E-state index contributed by atoms with van der Waals surface area (Å²) in [6.45, 7) is 2.11. The van der Waals surface area contributed by atoms with Crippen LogP contribution in [0.2, 0.25) is 0 Å². The number of nitrogens with zero attached hydrogens (tertiary/aromatic N) is 2. The summed E-state index contributed by atoms with van der Waals surface area (Å²) >= 11 is 0. The van der Waals surface area contributed by atoms with Crippen LogP contribution in [-0.2, 0) is 9.53 Å². The molecule has 1 fully saturated rings. The molecule has 1 saturated heterocycles. The molecule has 1 aliphatic heterocycles. The number of carboxylic acid groups (broad SMARTS) is 1. The fourth-order valence-electron chi connectivity index (χ4n) is 2.47. The summed E-state index contributed by atoms with van der Waals surface area (Å²) in [5.41, 5.74) is 0.507. The molecular weight excluding hydrogens is 300 g/mol. The standard InChI is InChI=1S/C16H20N2O5/c1-23-10-9-17-7-2-8-18(11-14(17)19)15(20)12-3-5-13(6-4-12)16(21)22/h3-6H,2,7-11H2,1H3,(H,21,22). The summed E-state index contributed by atoms with van der Waals surface area (Å²) in [6.07, 6.45) is 0.703. The average Bonchev–Trinajstić information content (AvgIpc) is 2.74. The molecule has 1 heterocycles. The molecule has 1 aliphatic rings. The number of benzene rings is 1. The highest BCUT2D eigenvalue weighted by molar-refractivity contribution is 5.97. The van der Waals surface area contributed by atoms with E-state index in [1.54, 1.807) is 12.0 Å². The van der Waals surface area contributed by atoms with Crippen molar-refractivity contribution in [3.63, 3.8) is 0 Å². The van der Waals surface area contributed by atoms with Gasteiger partial charge in [0.15, 0.2) is 0 Å². The largest absolute Gasteiger partial charge is 0.478 e. The van der Waals surface area contributed by atoms with Crippen LogP contribution in [0.1, 0.15) is 27.1 Å². The Morgan fingerprint density at radius 1 is 1.17 bits per heavy atom. The van der Waals surface area contributed by atoms with Crippen LogP contribution in [0.5, 0.6) is 0 Å². The predicted molar refractivity (Wildman–Crippen MR) is 82.4 cm³/mol. The van der Waals surface area contributed by atoms with Gasteiger partial charge in [-0.3, -0.25) is 9.59 Å². The summed E-state index contributed by atoms with van der Waals surface area (Å²) < 4.78 is 4.99. The van der Waals surface area contributed by atoms with Crippen LogP contribution in [0.3, 0.4) is 0 Å². The second-order valence-corrected chi connectivity index (χ2v) is 5.34. The van der Waals surface area contributed by atoms with Crippen molar-refractivity contribution >= 4 is 17.8 Å². The molecule has 7 heteroatoms. The van der Waals surface area contributed by atoms with Crippen LogP contribution in [0.4, 0.5) is 0 Å². The molecule has 2 rings (SSSR count). The van der Waals surface area contributed by atoms with Gasteiger partial charge in [-0.25, -0.2) is 4.79 Å². The molecule has 23 heavy (non-hydrogen) atoms. The quantitative estimate of drug-likeness (QED) is 0.863. The average molecular weight is 320 g/mol. The Morgan fingerprint density at radius 3 is 2.43 bits per heavy atom. The normalized spacial score (nSPS) is 15.4. The van der Waals surface area contributed by atoms with E-state index in [-0.39, 0.29) is 23.9 Å². The van der Waals surface area contributed by atoms with Gasteiger partial charge in [-0.15, -0.1) is 0 Å². The van der Waals surface area contributed by atoms with E-state index in [4.69, 9.17) is 9.84 Å². The number of carbonyl (C=O) groups is 3. The Hall–Kier alpha value is -2.41. The fraction of sp³-hybridized carbons (Fsp3) is 0.438. The Labute approximate surface area is 134 Å². The van der Waals surface area contributed by atoms with Crippen molar-refractivity contribution in [1.29, 1.82) is 0 Å². The Kier molecular flexibility index (Phi) is 5.70. The highest BCUT2D eigenvalue weighted by atomic mass is 16.5. The molecular formula is C16H20N2O5. The summed E-state index contributed by atoms with van der Waals surface area (Å²) in [7, 11) is 1.58. The zero-order valence-corrected chi connectivity index (χ0v) is 13.0. The summed E-state index contributed by atoms with van der Waals surface area (Å²) in [5, 5.41) is 8.88. The van der Waals surface area contributed by atoms with Gasteiger partial charge in [-0.05, 0) is 30.7 Å². The maximum Gasteiger partial charge on any atom is 0.335 e. The van der Waals surface area contributed by atoms with Gasteiger partial charge in [0.05, 0.1) is 12.2 Å². The number of ether oxygens (including phenoxy) is 1. The highest BCUT2D eigenvalue weighted by Gasteiger charge is 2.25. The lowest BCUT2D eigenvalue weighted by atomic mass is 10.1. The van der Waals surface area contributed by atoms with Crippen LogP contribution in [0.15, 0.2) is 24.3 Å². The molecule has 0 unspecified atom stereocenters. The lowest BCUT2D eigenvalue weighted by Gasteiger charge is -2.21. The number of aromatic carboxylic acids is 1. The first kappa shape index (κ1) is 17.0. The van der Waals surface area contributed by atoms with Crippen molar-refractivity contribution in [3.8, 4) is 0 Å². The summed E-state index contributed by atoms with van der Waals surface area (Å²) in [4.78, 5) is 38.7. The number of carbonyl (C=O) groups excluding carboxylic acids is 2. The number of hydrogen-bond donors (Lipinski definition) is 1. The van der Waals surface area contributed by atoms with Crippen LogP contribution in [0, 0.1) is 0 Å². The van der Waals surface area contributed by atoms with Gasteiger partial charge in [0, 0.05) is 32.3 Å². The number of carboxylic acids is 1. The van der Waals surface area contributed by atoms with Gasteiger partial charge >= 0.3 is 5.97 Å². The lowest BCUT2D eigenvalue weighted by molar-refractivity contribution is -0.131. The van der Waals surface area contributed by atoms with Crippen molar-refractivity contribution in [2.24, 2.45) is 0 Å². The molecule has 0 radical (unpaired) electrons. The van der Waals surface area contributed by atoms with Crippen LogP contribution in [0.25, 0.3) is 0 Å². The number of amides is 2. The maximum absolute atomic E-state index is 12.5. The van der Waals surface area contributed by atoms with Gasteiger partial charge in [0.2, 0.25) is 5.91 Å². The molecule has 0 saturated carbocycles. The van der Waals surface area contributed by atoms with Crippen LogP contribution in [-0.4, -0.2) is 72.6 Å². The smallest absolute Gasteiger partial charge is 0.335 e. The van der Waals surface area contributed by atoms with Gasteiger partial charge in [-0.2, -0.15) is 0 Å². The molecule has 2 amide bonds. The predicted octanol–water partition coefficient (Wildman–Crippen LogP) is 0.706. The van der Waals surface area contributed by atoms with Gasteiger partial charge < -0.3 is 19.6 Å². The van der Waals surface area contributed by atoms with E-state index in [1.807, 2.05) is 0 Å². The van der Waals surface area contributed by atoms with E-state index in [9.17, 15) is 14.4 Å². The van der Waals surface area contributed by atoms with Gasteiger partial charge in [-0.1, -0.05) is 0 Å².